The molecule has 0 unspecified atom stereocenters. The SMILES string of the molecule is CCCCNCc1c(F)cccc1Br. The average molecular weight is 260 g/mol. The summed E-state index contributed by atoms with van der Waals surface area (Å²) in [5.41, 5.74) is 0.712. The fraction of sp³-hybridized carbons (Fsp3) is 0.455. The van der Waals surface area contributed by atoms with Crippen LogP contribution in [0.3, 0.4) is 0 Å². The van der Waals surface area contributed by atoms with Crippen LogP contribution in [0, 0.1) is 5.82 Å². The molecule has 1 rings (SSSR count). The predicted octanol–water partition coefficient (Wildman–Crippen LogP) is 3.48. The third kappa shape index (κ3) is 3.39. The number of halogens is 2. The van der Waals surface area contributed by atoms with E-state index >= 15 is 0 Å². The fourth-order valence-corrected chi connectivity index (χ4v) is 1.70. The Labute approximate surface area is 92.8 Å². The number of nitrogens with one attached hydrogen (secondary N) is 1. The zero-order chi connectivity index (χ0) is 10.4. The first kappa shape index (κ1) is 11.7. The molecule has 78 valence electrons. The van der Waals surface area contributed by atoms with Gasteiger partial charge in [-0.2, -0.15) is 0 Å². The summed E-state index contributed by atoms with van der Waals surface area (Å²) in [5.74, 6) is -0.150. The molecule has 0 aliphatic heterocycles. The van der Waals surface area contributed by atoms with Crippen LogP contribution in [-0.4, -0.2) is 6.54 Å². The van der Waals surface area contributed by atoms with E-state index in [-0.39, 0.29) is 5.82 Å². The molecule has 0 saturated carbocycles. The molecule has 0 aromatic heterocycles. The highest BCUT2D eigenvalue weighted by atomic mass is 79.9. The first-order valence-corrected chi connectivity index (χ1v) is 5.68. The molecule has 0 radical (unpaired) electrons. The number of benzene rings is 1. The molecular formula is C11H15BrFN. The highest BCUT2D eigenvalue weighted by Crippen LogP contribution is 2.19. The molecule has 0 saturated heterocycles. The van der Waals surface area contributed by atoms with Gasteiger partial charge in [-0.15, -0.1) is 0 Å². The lowest BCUT2D eigenvalue weighted by Crippen LogP contribution is -2.15. The molecule has 1 nitrogen and oxygen atoms in total. The standard InChI is InChI=1S/C11H15BrFN/c1-2-3-7-14-8-9-10(12)5-4-6-11(9)13/h4-6,14H,2-3,7-8H2,1H3. The molecule has 0 aliphatic rings. The zero-order valence-electron chi connectivity index (χ0n) is 8.32. The van der Waals surface area contributed by atoms with Crippen molar-refractivity contribution < 1.29 is 4.39 Å². The Morgan fingerprint density at radius 1 is 1.43 bits per heavy atom. The Bertz CT molecular complexity index is 268. The van der Waals surface area contributed by atoms with Crippen LogP contribution in [0.25, 0.3) is 0 Å². The Hall–Kier alpha value is -0.410. The smallest absolute Gasteiger partial charge is 0.128 e. The molecule has 0 amide bonds. The third-order valence-electron chi connectivity index (χ3n) is 2.07. The lowest BCUT2D eigenvalue weighted by Gasteiger charge is -2.07. The van der Waals surface area contributed by atoms with Gasteiger partial charge in [0.1, 0.15) is 5.82 Å². The molecule has 0 heterocycles. The molecule has 0 fully saturated rings. The minimum absolute atomic E-state index is 0.150. The van der Waals surface area contributed by atoms with E-state index in [4.69, 9.17) is 0 Å². The molecule has 1 aromatic carbocycles. The molecule has 0 atom stereocenters. The van der Waals surface area contributed by atoms with E-state index in [0.29, 0.717) is 12.1 Å². The highest BCUT2D eigenvalue weighted by molar-refractivity contribution is 9.10. The van der Waals surface area contributed by atoms with Crippen molar-refractivity contribution in [2.75, 3.05) is 6.54 Å². The van der Waals surface area contributed by atoms with E-state index in [9.17, 15) is 4.39 Å². The summed E-state index contributed by atoms with van der Waals surface area (Å²) >= 11 is 3.34. The summed E-state index contributed by atoms with van der Waals surface area (Å²) < 4.78 is 14.1. The second-order valence-electron chi connectivity index (χ2n) is 3.23. The fourth-order valence-electron chi connectivity index (χ4n) is 1.22. The van der Waals surface area contributed by atoms with Crippen molar-refractivity contribution in [3.8, 4) is 0 Å². The average Bonchev–Trinajstić information content (AvgIpc) is 2.16. The van der Waals surface area contributed by atoms with Crippen LogP contribution < -0.4 is 5.32 Å². The topological polar surface area (TPSA) is 12.0 Å². The van der Waals surface area contributed by atoms with E-state index in [0.717, 1.165) is 23.9 Å². The van der Waals surface area contributed by atoms with Crippen LogP contribution in [0.2, 0.25) is 0 Å². The van der Waals surface area contributed by atoms with Crippen molar-refractivity contribution >= 4 is 15.9 Å². The minimum atomic E-state index is -0.150. The van der Waals surface area contributed by atoms with Crippen LogP contribution in [-0.2, 0) is 6.54 Å². The van der Waals surface area contributed by atoms with E-state index in [2.05, 4.69) is 28.2 Å². The normalized spacial score (nSPS) is 10.5. The predicted molar refractivity (Wildman–Crippen MR) is 60.7 cm³/mol. The second kappa shape index (κ2) is 6.14. The van der Waals surface area contributed by atoms with Gasteiger partial charge in [0, 0.05) is 16.6 Å². The molecular weight excluding hydrogens is 245 g/mol. The van der Waals surface area contributed by atoms with E-state index < -0.39 is 0 Å². The molecule has 1 N–H and O–H groups in total. The van der Waals surface area contributed by atoms with Gasteiger partial charge >= 0.3 is 0 Å². The van der Waals surface area contributed by atoms with E-state index in [1.165, 1.54) is 6.07 Å². The van der Waals surface area contributed by atoms with Crippen LogP contribution in [0.15, 0.2) is 22.7 Å². The maximum Gasteiger partial charge on any atom is 0.128 e. The Balaban J connectivity index is 2.49. The van der Waals surface area contributed by atoms with Crippen molar-refractivity contribution in [1.29, 1.82) is 0 Å². The molecule has 0 spiro atoms. The summed E-state index contributed by atoms with van der Waals surface area (Å²) in [6.07, 6.45) is 2.29. The number of hydrogen-bond donors (Lipinski definition) is 1. The maximum absolute atomic E-state index is 13.3. The molecule has 0 aliphatic carbocycles. The Kier molecular flexibility index (Phi) is 5.12. The molecule has 0 bridgehead atoms. The summed E-state index contributed by atoms with van der Waals surface area (Å²) in [6.45, 7) is 3.67. The largest absolute Gasteiger partial charge is 0.313 e. The minimum Gasteiger partial charge on any atom is -0.313 e. The summed E-state index contributed by atoms with van der Waals surface area (Å²) in [6, 6.07) is 5.05. The van der Waals surface area contributed by atoms with Gasteiger partial charge in [-0.1, -0.05) is 35.3 Å². The quantitative estimate of drug-likeness (QED) is 0.799. The monoisotopic (exact) mass is 259 g/mol. The lowest BCUT2D eigenvalue weighted by atomic mass is 10.2. The number of rotatable bonds is 5. The summed E-state index contributed by atoms with van der Waals surface area (Å²) in [4.78, 5) is 0. The van der Waals surface area contributed by atoms with Crippen molar-refractivity contribution in [3.63, 3.8) is 0 Å². The number of unbranched alkanes of at least 4 members (excludes halogenated alkanes) is 1. The van der Waals surface area contributed by atoms with Gasteiger partial charge in [0.05, 0.1) is 0 Å². The van der Waals surface area contributed by atoms with Crippen molar-refractivity contribution in [2.45, 2.75) is 26.3 Å². The van der Waals surface area contributed by atoms with Gasteiger partial charge in [0.25, 0.3) is 0 Å². The van der Waals surface area contributed by atoms with Gasteiger partial charge in [-0.25, -0.2) is 4.39 Å². The summed E-state index contributed by atoms with van der Waals surface area (Å²) in [5, 5.41) is 3.21. The molecule has 14 heavy (non-hydrogen) atoms. The zero-order valence-corrected chi connectivity index (χ0v) is 9.90. The van der Waals surface area contributed by atoms with Crippen LogP contribution in [0.1, 0.15) is 25.3 Å². The van der Waals surface area contributed by atoms with Gasteiger partial charge in [-0.05, 0) is 25.1 Å². The van der Waals surface area contributed by atoms with E-state index in [1.807, 2.05) is 6.07 Å². The first-order chi connectivity index (χ1) is 6.75. The second-order valence-corrected chi connectivity index (χ2v) is 4.08. The van der Waals surface area contributed by atoms with E-state index in [1.54, 1.807) is 6.07 Å². The molecule has 1 aromatic rings. The van der Waals surface area contributed by atoms with Crippen molar-refractivity contribution in [3.05, 3.63) is 34.1 Å². The highest BCUT2D eigenvalue weighted by Gasteiger charge is 2.04. The Morgan fingerprint density at radius 3 is 2.86 bits per heavy atom. The van der Waals surface area contributed by atoms with Crippen LogP contribution in [0.4, 0.5) is 4.39 Å². The van der Waals surface area contributed by atoms with Gasteiger partial charge in [0.2, 0.25) is 0 Å². The maximum atomic E-state index is 13.3. The van der Waals surface area contributed by atoms with Crippen LogP contribution >= 0.6 is 15.9 Å². The van der Waals surface area contributed by atoms with Gasteiger partial charge < -0.3 is 5.32 Å². The van der Waals surface area contributed by atoms with Crippen molar-refractivity contribution in [2.24, 2.45) is 0 Å². The Morgan fingerprint density at radius 2 is 2.21 bits per heavy atom. The third-order valence-corrected chi connectivity index (χ3v) is 2.81. The molecule has 3 heteroatoms. The first-order valence-electron chi connectivity index (χ1n) is 4.89. The van der Waals surface area contributed by atoms with Crippen molar-refractivity contribution in [1.82, 2.24) is 5.32 Å². The van der Waals surface area contributed by atoms with Gasteiger partial charge in [-0.3, -0.25) is 0 Å². The lowest BCUT2D eigenvalue weighted by molar-refractivity contribution is 0.578. The van der Waals surface area contributed by atoms with Gasteiger partial charge in [0.15, 0.2) is 0 Å². The van der Waals surface area contributed by atoms with Crippen LogP contribution in [0.5, 0.6) is 0 Å². The summed E-state index contributed by atoms with van der Waals surface area (Å²) in [7, 11) is 0. The number of hydrogen-bond acceptors (Lipinski definition) is 1.